The van der Waals surface area contributed by atoms with Gasteiger partial charge in [0.25, 0.3) is 5.91 Å². The third-order valence-corrected chi connectivity index (χ3v) is 3.54. The smallest absolute Gasteiger partial charge is 0.258 e. The molecule has 1 amide bonds. The second-order valence-electron chi connectivity index (χ2n) is 4.49. The third-order valence-electron chi connectivity index (χ3n) is 2.98. The van der Waals surface area contributed by atoms with E-state index < -0.39 is 11.7 Å². The molecule has 2 aromatic carbocycles. The number of halogens is 3. The molecule has 0 aliphatic heterocycles. The summed E-state index contributed by atoms with van der Waals surface area (Å²) in [5.74, 6) is -1.14. The van der Waals surface area contributed by atoms with E-state index in [0.717, 1.165) is 6.07 Å². The van der Waals surface area contributed by atoms with Crippen molar-refractivity contribution in [3.8, 4) is 5.69 Å². The minimum atomic E-state index is -0.570. The fraction of sp³-hybridized carbons (Fsp3) is 0. The Hall–Kier alpha value is -2.51. The highest BCUT2D eigenvalue weighted by Crippen LogP contribution is 2.26. The maximum atomic E-state index is 13.5. The summed E-state index contributed by atoms with van der Waals surface area (Å²) in [6.07, 6.45) is 1.30. The second-order valence-corrected chi connectivity index (χ2v) is 5.34. The van der Waals surface area contributed by atoms with Gasteiger partial charge in [-0.15, -0.1) is 5.10 Å². The van der Waals surface area contributed by atoms with E-state index in [1.165, 1.54) is 29.2 Å². The van der Waals surface area contributed by atoms with Crippen molar-refractivity contribution in [2.75, 3.05) is 5.32 Å². The van der Waals surface area contributed by atoms with E-state index in [4.69, 9.17) is 23.2 Å². The van der Waals surface area contributed by atoms with Crippen molar-refractivity contribution < 1.29 is 9.18 Å². The Balaban J connectivity index is 1.99. The van der Waals surface area contributed by atoms with Crippen LogP contribution in [0.1, 0.15) is 10.4 Å². The van der Waals surface area contributed by atoms with Crippen LogP contribution < -0.4 is 5.32 Å². The molecule has 1 heterocycles. The fourth-order valence-corrected chi connectivity index (χ4v) is 2.28. The summed E-state index contributed by atoms with van der Waals surface area (Å²) in [5, 5.41) is 14.0. The molecule has 0 aliphatic rings. The lowest BCUT2D eigenvalue weighted by atomic mass is 10.1. The summed E-state index contributed by atoms with van der Waals surface area (Å²) in [7, 11) is 0. The van der Waals surface area contributed by atoms with Gasteiger partial charge in [0, 0.05) is 5.02 Å². The maximum absolute atomic E-state index is 13.5. The van der Waals surface area contributed by atoms with E-state index in [9.17, 15) is 9.18 Å². The zero-order valence-corrected chi connectivity index (χ0v) is 12.9. The number of benzene rings is 2. The lowest BCUT2D eigenvalue weighted by Gasteiger charge is -2.11. The van der Waals surface area contributed by atoms with Crippen LogP contribution >= 0.6 is 23.2 Å². The van der Waals surface area contributed by atoms with E-state index in [1.54, 1.807) is 12.1 Å². The number of tetrazole rings is 1. The molecular formula is C14H8Cl2FN5O. The van der Waals surface area contributed by atoms with E-state index in [2.05, 4.69) is 20.8 Å². The highest BCUT2D eigenvalue weighted by Gasteiger charge is 2.16. The largest absolute Gasteiger partial charge is 0.321 e. The average Bonchev–Trinajstić information content (AvgIpc) is 3.05. The Labute approximate surface area is 139 Å². The van der Waals surface area contributed by atoms with Gasteiger partial charge in [-0.25, -0.2) is 4.39 Å². The maximum Gasteiger partial charge on any atom is 0.258 e. The van der Waals surface area contributed by atoms with Gasteiger partial charge < -0.3 is 5.32 Å². The van der Waals surface area contributed by atoms with E-state index in [-0.39, 0.29) is 5.56 Å². The first-order valence-electron chi connectivity index (χ1n) is 6.34. The molecule has 0 fully saturated rings. The first-order valence-corrected chi connectivity index (χ1v) is 7.09. The minimum absolute atomic E-state index is 0.0494. The van der Waals surface area contributed by atoms with Crippen molar-refractivity contribution in [1.82, 2.24) is 20.2 Å². The van der Waals surface area contributed by atoms with Gasteiger partial charge in [0.05, 0.1) is 22.0 Å². The van der Waals surface area contributed by atoms with Crippen LogP contribution in [0.4, 0.5) is 10.1 Å². The molecule has 0 atom stereocenters. The molecule has 0 spiro atoms. The predicted octanol–water partition coefficient (Wildman–Crippen LogP) is 3.36. The summed E-state index contributed by atoms with van der Waals surface area (Å²) in [4.78, 5) is 12.5. The quantitative estimate of drug-likeness (QED) is 0.785. The second kappa shape index (κ2) is 6.31. The minimum Gasteiger partial charge on any atom is -0.321 e. The number of carbonyl (C=O) groups is 1. The Kier molecular flexibility index (Phi) is 4.22. The van der Waals surface area contributed by atoms with Crippen LogP contribution in [-0.2, 0) is 0 Å². The summed E-state index contributed by atoms with van der Waals surface area (Å²) in [5.41, 5.74) is 0.691. The van der Waals surface area contributed by atoms with Crippen LogP contribution in [0.15, 0.2) is 42.7 Å². The summed E-state index contributed by atoms with van der Waals surface area (Å²) < 4.78 is 14.8. The van der Waals surface area contributed by atoms with Crippen LogP contribution in [0.3, 0.4) is 0 Å². The lowest BCUT2D eigenvalue weighted by Crippen LogP contribution is -2.16. The molecule has 0 saturated heterocycles. The highest BCUT2D eigenvalue weighted by atomic mass is 35.5. The summed E-state index contributed by atoms with van der Waals surface area (Å²) in [6.45, 7) is 0. The molecule has 0 aliphatic carbocycles. The van der Waals surface area contributed by atoms with E-state index >= 15 is 0 Å². The standard InChI is InChI=1S/C14H8Cl2FN5O/c15-8-1-3-11(16)12(5-8)19-14(23)10-6-9(17)2-4-13(10)22-7-18-20-21-22/h1-7H,(H,19,23). The Morgan fingerprint density at radius 2 is 2.00 bits per heavy atom. The molecule has 1 aromatic heterocycles. The lowest BCUT2D eigenvalue weighted by molar-refractivity contribution is 0.102. The summed E-state index contributed by atoms with van der Waals surface area (Å²) in [6, 6.07) is 8.34. The molecule has 3 aromatic rings. The topological polar surface area (TPSA) is 72.7 Å². The monoisotopic (exact) mass is 351 g/mol. The zero-order valence-electron chi connectivity index (χ0n) is 11.4. The summed E-state index contributed by atoms with van der Waals surface area (Å²) >= 11 is 11.9. The number of nitrogens with zero attached hydrogens (tertiary/aromatic N) is 4. The number of rotatable bonds is 3. The average molecular weight is 352 g/mol. The molecule has 0 radical (unpaired) electrons. The Morgan fingerprint density at radius 1 is 1.17 bits per heavy atom. The van der Waals surface area contributed by atoms with Gasteiger partial charge in [-0.2, -0.15) is 4.68 Å². The number of aromatic nitrogens is 4. The molecule has 1 N–H and O–H groups in total. The van der Waals surface area contributed by atoms with Crippen molar-refractivity contribution in [3.05, 3.63) is 64.2 Å². The predicted molar refractivity (Wildman–Crippen MR) is 83.5 cm³/mol. The number of hydrogen-bond acceptors (Lipinski definition) is 4. The molecule has 116 valence electrons. The van der Waals surface area contributed by atoms with Crippen LogP contribution in [0, 0.1) is 5.82 Å². The van der Waals surface area contributed by atoms with Crippen LogP contribution in [0.25, 0.3) is 5.69 Å². The molecule has 9 heteroatoms. The van der Waals surface area contributed by atoms with E-state index in [0.29, 0.717) is 21.4 Å². The van der Waals surface area contributed by atoms with Gasteiger partial charge in [-0.1, -0.05) is 23.2 Å². The van der Waals surface area contributed by atoms with Crippen molar-refractivity contribution in [2.45, 2.75) is 0 Å². The highest BCUT2D eigenvalue weighted by molar-refractivity contribution is 6.35. The molecule has 0 bridgehead atoms. The molecular weight excluding hydrogens is 344 g/mol. The third kappa shape index (κ3) is 3.30. The fourth-order valence-electron chi connectivity index (χ4n) is 1.94. The van der Waals surface area contributed by atoms with E-state index in [1.807, 2.05) is 0 Å². The van der Waals surface area contributed by atoms with Gasteiger partial charge in [0.15, 0.2) is 0 Å². The first-order chi connectivity index (χ1) is 11.0. The van der Waals surface area contributed by atoms with Crippen molar-refractivity contribution in [2.24, 2.45) is 0 Å². The van der Waals surface area contributed by atoms with Crippen molar-refractivity contribution >= 4 is 34.8 Å². The molecule has 3 rings (SSSR count). The normalized spacial score (nSPS) is 10.6. The van der Waals surface area contributed by atoms with Gasteiger partial charge in [0.1, 0.15) is 12.1 Å². The Morgan fingerprint density at radius 3 is 2.74 bits per heavy atom. The van der Waals surface area contributed by atoms with Gasteiger partial charge >= 0.3 is 0 Å². The molecule has 23 heavy (non-hydrogen) atoms. The van der Waals surface area contributed by atoms with Gasteiger partial charge in [-0.05, 0) is 46.8 Å². The molecule has 0 unspecified atom stereocenters. The van der Waals surface area contributed by atoms with Gasteiger partial charge in [0.2, 0.25) is 0 Å². The first kappa shape index (κ1) is 15.4. The number of hydrogen-bond donors (Lipinski definition) is 1. The number of amides is 1. The molecule has 6 nitrogen and oxygen atoms in total. The Bertz CT molecular complexity index is 870. The van der Waals surface area contributed by atoms with Crippen molar-refractivity contribution in [1.29, 1.82) is 0 Å². The SMILES string of the molecule is O=C(Nc1cc(Cl)ccc1Cl)c1cc(F)ccc1-n1cnnn1. The van der Waals surface area contributed by atoms with Crippen LogP contribution in [0.2, 0.25) is 10.0 Å². The number of anilines is 1. The van der Waals surface area contributed by atoms with Crippen LogP contribution in [-0.4, -0.2) is 26.1 Å². The number of nitrogens with one attached hydrogen (secondary N) is 1. The van der Waals surface area contributed by atoms with Crippen molar-refractivity contribution in [3.63, 3.8) is 0 Å². The van der Waals surface area contributed by atoms with Gasteiger partial charge in [-0.3, -0.25) is 4.79 Å². The zero-order chi connectivity index (χ0) is 16.4. The number of carbonyl (C=O) groups excluding carboxylic acids is 1. The van der Waals surface area contributed by atoms with Crippen LogP contribution in [0.5, 0.6) is 0 Å². The molecule has 0 saturated carbocycles.